The molecule has 0 N–H and O–H groups in total. The first-order chi connectivity index (χ1) is 13.3. The van der Waals surface area contributed by atoms with E-state index >= 15 is 0 Å². The van der Waals surface area contributed by atoms with Crippen LogP contribution in [0.4, 0.5) is 0 Å². The summed E-state index contributed by atoms with van der Waals surface area (Å²) in [5, 5.41) is 0. The minimum atomic E-state index is -0.525. The molecule has 0 amide bonds. The lowest BCUT2D eigenvalue weighted by Gasteiger charge is -2.58. The van der Waals surface area contributed by atoms with Crippen molar-refractivity contribution >= 4 is 17.5 Å². The van der Waals surface area contributed by atoms with Crippen LogP contribution in [-0.4, -0.2) is 24.1 Å². The lowest BCUT2D eigenvalue weighted by molar-refractivity contribution is -0.147. The molecule has 0 heterocycles. The van der Waals surface area contributed by atoms with E-state index in [0.717, 1.165) is 51.0 Å². The molecule has 0 bridgehead atoms. The van der Waals surface area contributed by atoms with Crippen molar-refractivity contribution in [2.75, 3.05) is 6.61 Å². The number of carbonyl (C=O) groups is 3. The first-order valence-corrected chi connectivity index (χ1v) is 10.9. The second-order valence-corrected chi connectivity index (χ2v) is 9.92. The minimum absolute atomic E-state index is 0.00579. The first-order valence-electron chi connectivity index (χ1n) is 10.9. The Morgan fingerprint density at radius 3 is 2.68 bits per heavy atom. The normalized spacial score (nSPS) is 41.9. The van der Waals surface area contributed by atoms with E-state index in [2.05, 4.69) is 20.4 Å². The summed E-state index contributed by atoms with van der Waals surface area (Å²) in [6.07, 6.45) is 11.1. The number of esters is 1. The molecule has 0 spiro atoms. The van der Waals surface area contributed by atoms with Gasteiger partial charge in [-0.15, -0.1) is 0 Å². The molecule has 28 heavy (non-hydrogen) atoms. The van der Waals surface area contributed by atoms with Gasteiger partial charge in [-0.3, -0.25) is 9.59 Å². The van der Waals surface area contributed by atoms with Gasteiger partial charge in [0.15, 0.2) is 18.2 Å². The van der Waals surface area contributed by atoms with E-state index in [4.69, 9.17) is 4.74 Å². The Kier molecular flexibility index (Phi) is 4.87. The second kappa shape index (κ2) is 6.96. The van der Waals surface area contributed by atoms with Crippen molar-refractivity contribution in [3.63, 3.8) is 0 Å². The maximum Gasteiger partial charge on any atom is 0.330 e. The van der Waals surface area contributed by atoms with Crippen molar-refractivity contribution in [3.05, 3.63) is 24.3 Å². The molecule has 6 atom stereocenters. The van der Waals surface area contributed by atoms with E-state index in [-0.39, 0.29) is 29.1 Å². The molecule has 0 aromatic heterocycles. The Balaban J connectivity index is 1.53. The van der Waals surface area contributed by atoms with Crippen LogP contribution in [0.25, 0.3) is 0 Å². The third-order valence-electron chi connectivity index (χ3n) is 8.87. The Morgan fingerprint density at radius 1 is 1.14 bits per heavy atom. The highest BCUT2D eigenvalue weighted by molar-refractivity contribution is 5.91. The number of Topliss-reactive ketones (excluding diaryl/α,β-unsaturated/α-hetero) is 1. The predicted molar refractivity (Wildman–Crippen MR) is 106 cm³/mol. The van der Waals surface area contributed by atoms with E-state index in [1.165, 1.54) is 5.57 Å². The Hall–Kier alpha value is -1.71. The van der Waals surface area contributed by atoms with Crippen LogP contribution in [0.1, 0.15) is 65.2 Å². The van der Waals surface area contributed by atoms with Gasteiger partial charge in [0.1, 0.15) is 0 Å². The largest absolute Gasteiger partial charge is 0.455 e. The summed E-state index contributed by atoms with van der Waals surface area (Å²) in [4.78, 5) is 36.2. The first kappa shape index (κ1) is 19.6. The van der Waals surface area contributed by atoms with Gasteiger partial charge in [0.2, 0.25) is 0 Å². The molecule has 3 fully saturated rings. The highest BCUT2D eigenvalue weighted by Gasteiger charge is 2.60. The van der Waals surface area contributed by atoms with Gasteiger partial charge in [0.25, 0.3) is 0 Å². The number of rotatable bonds is 4. The standard InChI is InChI=1S/C24H32O4/c1-4-22(27)28-14-21(26)20-8-7-18-17-6-5-15-13-16(25)9-11-23(15,2)19(17)10-12-24(18,20)3/h4,13,17-20H,1,5-12,14H2,2-3H3/t17-,18+,19+,20-,23+,24+/m1/s1. The smallest absolute Gasteiger partial charge is 0.330 e. The molecule has 0 unspecified atom stereocenters. The molecule has 4 nitrogen and oxygen atoms in total. The molecule has 152 valence electrons. The number of carbonyl (C=O) groups excluding carboxylic acids is 3. The topological polar surface area (TPSA) is 60.4 Å². The molecule has 0 aromatic carbocycles. The predicted octanol–water partition coefficient (Wildman–Crippen LogP) is 4.43. The van der Waals surface area contributed by atoms with Crippen LogP contribution in [0.15, 0.2) is 24.3 Å². The molecule has 0 aliphatic heterocycles. The summed E-state index contributed by atoms with van der Waals surface area (Å²) >= 11 is 0. The van der Waals surface area contributed by atoms with Crippen LogP contribution >= 0.6 is 0 Å². The summed E-state index contributed by atoms with van der Waals surface area (Å²) in [6.45, 7) is 7.96. The molecular weight excluding hydrogens is 352 g/mol. The maximum atomic E-state index is 12.9. The fourth-order valence-corrected chi connectivity index (χ4v) is 7.39. The fourth-order valence-electron chi connectivity index (χ4n) is 7.39. The zero-order chi connectivity index (χ0) is 20.1. The lowest BCUT2D eigenvalue weighted by Crippen LogP contribution is -2.51. The van der Waals surface area contributed by atoms with Crippen LogP contribution in [0.3, 0.4) is 0 Å². The van der Waals surface area contributed by atoms with Crippen molar-refractivity contribution in [1.29, 1.82) is 0 Å². The van der Waals surface area contributed by atoms with E-state index in [0.29, 0.717) is 30.0 Å². The van der Waals surface area contributed by atoms with Crippen molar-refractivity contribution < 1.29 is 19.1 Å². The molecule has 4 rings (SSSR count). The number of ketones is 2. The van der Waals surface area contributed by atoms with Gasteiger partial charge < -0.3 is 4.74 Å². The van der Waals surface area contributed by atoms with Gasteiger partial charge in [-0.25, -0.2) is 4.79 Å². The molecule has 3 saturated carbocycles. The fraction of sp³-hybridized carbons (Fsp3) is 0.708. The van der Waals surface area contributed by atoms with Crippen molar-refractivity contribution in [2.24, 2.45) is 34.5 Å². The molecule has 0 saturated heterocycles. The molecular formula is C24H32O4. The number of hydrogen-bond donors (Lipinski definition) is 0. The van der Waals surface area contributed by atoms with Gasteiger partial charge in [-0.05, 0) is 79.6 Å². The number of fused-ring (bicyclic) bond motifs is 5. The Bertz CT molecular complexity index is 750. The number of ether oxygens (including phenoxy) is 1. The van der Waals surface area contributed by atoms with Crippen LogP contribution in [0.5, 0.6) is 0 Å². The number of hydrogen-bond acceptors (Lipinski definition) is 4. The van der Waals surface area contributed by atoms with Crippen LogP contribution in [-0.2, 0) is 19.1 Å². The zero-order valence-electron chi connectivity index (χ0n) is 17.2. The van der Waals surface area contributed by atoms with E-state index in [1.807, 2.05) is 6.08 Å². The van der Waals surface area contributed by atoms with Gasteiger partial charge >= 0.3 is 5.97 Å². The molecule has 4 aliphatic carbocycles. The van der Waals surface area contributed by atoms with E-state index in [9.17, 15) is 14.4 Å². The van der Waals surface area contributed by atoms with E-state index in [1.54, 1.807) is 0 Å². The third kappa shape index (κ3) is 2.91. The average Bonchev–Trinajstić information content (AvgIpc) is 3.03. The maximum absolute atomic E-state index is 12.9. The number of allylic oxidation sites excluding steroid dienone is 1. The summed E-state index contributed by atoms with van der Waals surface area (Å²) in [5.74, 6) is 1.67. The van der Waals surface area contributed by atoms with Crippen LogP contribution in [0.2, 0.25) is 0 Å². The second-order valence-electron chi connectivity index (χ2n) is 9.92. The zero-order valence-corrected chi connectivity index (χ0v) is 17.2. The summed E-state index contributed by atoms with van der Waals surface area (Å²) in [6, 6.07) is 0. The Labute approximate surface area is 167 Å². The quantitative estimate of drug-likeness (QED) is 0.531. The Morgan fingerprint density at radius 2 is 1.93 bits per heavy atom. The minimum Gasteiger partial charge on any atom is -0.455 e. The third-order valence-corrected chi connectivity index (χ3v) is 8.87. The highest BCUT2D eigenvalue weighted by Crippen LogP contribution is 2.66. The van der Waals surface area contributed by atoms with E-state index < -0.39 is 5.97 Å². The van der Waals surface area contributed by atoms with Crippen molar-refractivity contribution in [3.8, 4) is 0 Å². The van der Waals surface area contributed by atoms with Crippen LogP contribution in [0, 0.1) is 34.5 Å². The summed E-state index contributed by atoms with van der Waals surface area (Å²) in [5.41, 5.74) is 1.57. The lowest BCUT2D eigenvalue weighted by atomic mass is 9.46. The van der Waals surface area contributed by atoms with Gasteiger partial charge in [0.05, 0.1) is 0 Å². The highest BCUT2D eigenvalue weighted by atomic mass is 16.5. The molecule has 0 radical (unpaired) electrons. The summed E-state index contributed by atoms with van der Waals surface area (Å²) < 4.78 is 5.05. The van der Waals surface area contributed by atoms with Gasteiger partial charge in [-0.2, -0.15) is 0 Å². The average molecular weight is 385 g/mol. The molecule has 4 aliphatic rings. The molecule has 0 aromatic rings. The van der Waals surface area contributed by atoms with Gasteiger partial charge in [-0.1, -0.05) is 26.0 Å². The van der Waals surface area contributed by atoms with Gasteiger partial charge in [0, 0.05) is 18.4 Å². The molecule has 4 heteroatoms. The monoisotopic (exact) mass is 384 g/mol. The van der Waals surface area contributed by atoms with Crippen molar-refractivity contribution in [2.45, 2.75) is 65.2 Å². The summed E-state index contributed by atoms with van der Waals surface area (Å²) in [7, 11) is 0. The SMILES string of the molecule is C=CC(=O)OCC(=O)[C@H]1CC[C@H]2[C@H]3CCC4=CC(=O)CC[C@]4(C)[C@H]3CC[C@]12C. The van der Waals surface area contributed by atoms with Crippen LogP contribution < -0.4 is 0 Å². The van der Waals surface area contributed by atoms with Crippen molar-refractivity contribution in [1.82, 2.24) is 0 Å².